The van der Waals surface area contributed by atoms with Crippen LogP contribution in [0, 0.1) is 0 Å². The summed E-state index contributed by atoms with van der Waals surface area (Å²) in [5.74, 6) is 0.660. The predicted octanol–water partition coefficient (Wildman–Crippen LogP) is 3.64. The van der Waals surface area contributed by atoms with Gasteiger partial charge < -0.3 is 20.3 Å². The van der Waals surface area contributed by atoms with Crippen molar-refractivity contribution in [1.29, 1.82) is 0 Å². The van der Waals surface area contributed by atoms with Crippen molar-refractivity contribution in [3.8, 4) is 5.75 Å². The minimum atomic E-state index is -0.611. The molecule has 2 heterocycles. The van der Waals surface area contributed by atoms with Crippen LogP contribution < -0.4 is 15.4 Å². The zero-order chi connectivity index (χ0) is 24.4. The Kier molecular flexibility index (Phi) is 6.58. The van der Waals surface area contributed by atoms with Gasteiger partial charge in [0.05, 0.1) is 31.0 Å². The molecule has 8 nitrogen and oxygen atoms in total. The molecule has 0 fully saturated rings. The summed E-state index contributed by atoms with van der Waals surface area (Å²) in [5.41, 5.74) is 3.81. The van der Waals surface area contributed by atoms with Crippen molar-refractivity contribution in [2.75, 3.05) is 32.6 Å². The van der Waals surface area contributed by atoms with E-state index in [4.69, 9.17) is 4.74 Å². The van der Waals surface area contributed by atoms with Gasteiger partial charge in [0.15, 0.2) is 0 Å². The third-order valence-corrected chi connectivity index (χ3v) is 6.35. The minimum absolute atomic E-state index is 0.155. The highest BCUT2D eigenvalue weighted by Crippen LogP contribution is 2.38. The van der Waals surface area contributed by atoms with Gasteiger partial charge in [0.2, 0.25) is 5.91 Å². The number of amides is 4. The van der Waals surface area contributed by atoms with Gasteiger partial charge in [0.1, 0.15) is 5.75 Å². The second-order valence-corrected chi connectivity index (χ2v) is 8.85. The molecular weight excluding hydrogens is 432 g/mol. The maximum absolute atomic E-state index is 13.4. The monoisotopic (exact) mass is 462 g/mol. The number of methoxy groups -OCH3 is 1. The van der Waals surface area contributed by atoms with E-state index < -0.39 is 6.04 Å². The summed E-state index contributed by atoms with van der Waals surface area (Å²) >= 11 is 0. The van der Waals surface area contributed by atoms with Gasteiger partial charge in [-0.1, -0.05) is 44.2 Å². The van der Waals surface area contributed by atoms with Gasteiger partial charge in [-0.2, -0.15) is 0 Å². The van der Waals surface area contributed by atoms with Crippen molar-refractivity contribution in [3.63, 3.8) is 0 Å². The van der Waals surface area contributed by atoms with E-state index in [1.807, 2.05) is 42.5 Å². The summed E-state index contributed by atoms with van der Waals surface area (Å²) in [6, 6.07) is 14.2. The van der Waals surface area contributed by atoms with Crippen molar-refractivity contribution in [2.45, 2.75) is 32.2 Å². The Morgan fingerprint density at radius 3 is 2.53 bits per heavy atom. The van der Waals surface area contributed by atoms with Crippen molar-refractivity contribution < 1.29 is 19.1 Å². The van der Waals surface area contributed by atoms with E-state index in [0.717, 1.165) is 11.3 Å². The summed E-state index contributed by atoms with van der Waals surface area (Å²) in [6.45, 7) is 4.77. The maximum atomic E-state index is 13.4. The van der Waals surface area contributed by atoms with Crippen LogP contribution in [0.4, 0.5) is 10.5 Å². The first-order chi connectivity index (χ1) is 16.3. The van der Waals surface area contributed by atoms with E-state index in [2.05, 4.69) is 24.5 Å². The van der Waals surface area contributed by atoms with E-state index in [1.165, 1.54) is 10.5 Å². The third kappa shape index (κ3) is 4.48. The molecule has 0 saturated carbocycles. The fraction of sp³-hybridized carbons (Fsp3) is 0.346. The van der Waals surface area contributed by atoms with Crippen molar-refractivity contribution in [3.05, 3.63) is 70.9 Å². The number of carbonyl (C=O) groups excluding carboxylic acids is 3. The molecule has 4 rings (SSSR count). The SMILES string of the molecule is COc1ccccc1[C@@H]1NC(=O)N(C)C2=C1C(=O)N(CCC(=O)Nc1ccc(C(C)C)cc1)C2. The number of carbonyl (C=O) groups is 3. The van der Waals surface area contributed by atoms with Crippen LogP contribution in [0.25, 0.3) is 0 Å². The van der Waals surface area contributed by atoms with Crippen molar-refractivity contribution in [2.24, 2.45) is 0 Å². The number of benzene rings is 2. The zero-order valence-corrected chi connectivity index (χ0v) is 19.9. The Hall–Kier alpha value is -3.81. The number of nitrogens with one attached hydrogen (secondary N) is 2. The van der Waals surface area contributed by atoms with Gasteiger partial charge >= 0.3 is 6.03 Å². The minimum Gasteiger partial charge on any atom is -0.496 e. The average Bonchev–Trinajstić information content (AvgIpc) is 3.17. The number of urea groups is 1. The molecule has 2 aromatic rings. The van der Waals surface area contributed by atoms with Gasteiger partial charge in [-0.15, -0.1) is 0 Å². The lowest BCUT2D eigenvalue weighted by Gasteiger charge is -2.31. The molecule has 8 heteroatoms. The Morgan fingerprint density at radius 2 is 1.85 bits per heavy atom. The lowest BCUT2D eigenvalue weighted by Crippen LogP contribution is -2.45. The second kappa shape index (κ2) is 9.59. The van der Waals surface area contributed by atoms with Crippen LogP contribution >= 0.6 is 0 Å². The van der Waals surface area contributed by atoms with Gasteiger partial charge in [-0.05, 0) is 29.7 Å². The second-order valence-electron chi connectivity index (χ2n) is 8.85. The van der Waals surface area contributed by atoms with E-state index in [1.54, 1.807) is 25.1 Å². The summed E-state index contributed by atoms with van der Waals surface area (Å²) < 4.78 is 5.46. The lowest BCUT2D eigenvalue weighted by molar-refractivity contribution is -0.126. The molecule has 2 N–H and O–H groups in total. The predicted molar refractivity (Wildman–Crippen MR) is 129 cm³/mol. The first-order valence-electron chi connectivity index (χ1n) is 11.4. The van der Waals surface area contributed by atoms with Gasteiger partial charge in [-0.3, -0.25) is 14.5 Å². The Labute approximate surface area is 199 Å². The molecule has 0 saturated heterocycles. The lowest BCUT2D eigenvalue weighted by atomic mass is 9.95. The summed E-state index contributed by atoms with van der Waals surface area (Å²) in [5, 5.41) is 5.80. The summed E-state index contributed by atoms with van der Waals surface area (Å²) in [6.07, 6.45) is 0.155. The summed E-state index contributed by atoms with van der Waals surface area (Å²) in [4.78, 5) is 41.6. The quantitative estimate of drug-likeness (QED) is 0.657. The van der Waals surface area contributed by atoms with Gasteiger partial charge in [0, 0.05) is 31.3 Å². The van der Waals surface area contributed by atoms with Crippen LogP contribution in [0.15, 0.2) is 59.8 Å². The van der Waals surface area contributed by atoms with Crippen molar-refractivity contribution >= 4 is 23.5 Å². The van der Waals surface area contributed by atoms with Gasteiger partial charge in [0.25, 0.3) is 5.91 Å². The van der Waals surface area contributed by atoms with Gasteiger partial charge in [-0.25, -0.2) is 4.79 Å². The Bertz CT molecular complexity index is 1140. The topological polar surface area (TPSA) is 91.0 Å². The first-order valence-corrected chi connectivity index (χ1v) is 11.4. The molecule has 4 amide bonds. The molecule has 0 spiro atoms. The number of para-hydroxylation sites is 1. The molecule has 0 unspecified atom stereocenters. The van der Waals surface area contributed by atoms with E-state index >= 15 is 0 Å². The fourth-order valence-electron chi connectivity index (χ4n) is 4.35. The van der Waals surface area contributed by atoms with Crippen LogP contribution in [-0.2, 0) is 9.59 Å². The van der Waals surface area contributed by atoms with Crippen LogP contribution in [0.3, 0.4) is 0 Å². The van der Waals surface area contributed by atoms with Crippen LogP contribution in [0.2, 0.25) is 0 Å². The largest absolute Gasteiger partial charge is 0.496 e. The highest BCUT2D eigenvalue weighted by molar-refractivity contribution is 6.02. The Morgan fingerprint density at radius 1 is 1.15 bits per heavy atom. The number of nitrogens with zero attached hydrogens (tertiary/aromatic N) is 2. The molecule has 178 valence electrons. The molecule has 2 aliphatic rings. The number of hydrogen-bond donors (Lipinski definition) is 2. The fourth-order valence-corrected chi connectivity index (χ4v) is 4.35. The number of rotatable bonds is 7. The number of likely N-dealkylation sites (N-methyl/N-ethyl adjacent to an activating group) is 1. The molecule has 2 aromatic carbocycles. The standard InChI is InChI=1S/C26H30N4O4/c1-16(2)17-9-11-18(12-10-17)27-22(31)13-14-30-15-20-23(25(30)32)24(28-26(33)29(20)3)19-7-5-6-8-21(19)34-4/h5-12,16,24H,13-15H2,1-4H3,(H,27,31)(H,28,33)/t24-/m0/s1. The van der Waals surface area contributed by atoms with Crippen LogP contribution in [0.1, 0.15) is 43.4 Å². The Balaban J connectivity index is 1.45. The first kappa shape index (κ1) is 23.4. The average molecular weight is 463 g/mol. The molecule has 1 atom stereocenters. The molecule has 0 aromatic heterocycles. The molecule has 2 aliphatic heterocycles. The molecule has 0 radical (unpaired) electrons. The molecule has 34 heavy (non-hydrogen) atoms. The van der Waals surface area contributed by atoms with E-state index in [-0.39, 0.29) is 37.4 Å². The normalized spacial score (nSPS) is 17.7. The molecular formula is C26H30N4O4. The number of anilines is 1. The molecule has 0 bridgehead atoms. The van der Waals surface area contributed by atoms with Crippen molar-refractivity contribution in [1.82, 2.24) is 15.1 Å². The summed E-state index contributed by atoms with van der Waals surface area (Å²) in [7, 11) is 3.20. The highest BCUT2D eigenvalue weighted by atomic mass is 16.5. The smallest absolute Gasteiger partial charge is 0.322 e. The van der Waals surface area contributed by atoms with Crippen LogP contribution in [0.5, 0.6) is 5.75 Å². The van der Waals surface area contributed by atoms with Crippen LogP contribution in [-0.4, -0.2) is 54.9 Å². The third-order valence-electron chi connectivity index (χ3n) is 6.35. The number of hydrogen-bond acceptors (Lipinski definition) is 4. The molecule has 0 aliphatic carbocycles. The maximum Gasteiger partial charge on any atom is 0.322 e. The number of ether oxygens (including phenoxy) is 1. The van der Waals surface area contributed by atoms with E-state index in [0.29, 0.717) is 22.9 Å². The highest BCUT2D eigenvalue weighted by Gasteiger charge is 2.43. The zero-order valence-electron chi connectivity index (χ0n) is 19.9. The van der Waals surface area contributed by atoms with E-state index in [9.17, 15) is 14.4 Å².